The zero-order valence-electron chi connectivity index (χ0n) is 5.68. The van der Waals surface area contributed by atoms with E-state index in [4.69, 9.17) is 16.3 Å². The van der Waals surface area contributed by atoms with Crippen molar-refractivity contribution in [1.82, 2.24) is 0 Å². The Bertz CT molecular complexity index is 283. The van der Waals surface area contributed by atoms with Gasteiger partial charge >= 0.3 is 0 Å². The Morgan fingerprint density at radius 1 is 1.55 bits per heavy atom. The lowest BCUT2D eigenvalue weighted by Gasteiger charge is -1.96. The fourth-order valence-electron chi connectivity index (χ4n) is 0.953. The lowest BCUT2D eigenvalue weighted by molar-refractivity contribution is 0.415. The van der Waals surface area contributed by atoms with Crippen LogP contribution in [0.25, 0.3) is 0 Å². The van der Waals surface area contributed by atoms with Crippen molar-refractivity contribution in [2.75, 3.05) is 6.61 Å². The molecule has 0 radical (unpaired) electrons. The summed E-state index contributed by atoms with van der Waals surface area (Å²) in [6, 6.07) is 4.66. The van der Waals surface area contributed by atoms with Gasteiger partial charge in [-0.1, -0.05) is 17.7 Å². The van der Waals surface area contributed by atoms with E-state index >= 15 is 0 Å². The second kappa shape index (κ2) is 2.47. The summed E-state index contributed by atoms with van der Waals surface area (Å²) in [6.07, 6.45) is 0.146. The van der Waals surface area contributed by atoms with Gasteiger partial charge in [-0.25, -0.2) is 4.39 Å². The van der Waals surface area contributed by atoms with Crippen molar-refractivity contribution >= 4 is 11.6 Å². The Labute approximate surface area is 68.7 Å². The molecule has 1 saturated heterocycles. The van der Waals surface area contributed by atoms with Crippen LogP contribution in [0.3, 0.4) is 0 Å². The summed E-state index contributed by atoms with van der Waals surface area (Å²) >= 11 is 5.56. The number of ether oxygens (including phenoxy) is 1. The van der Waals surface area contributed by atoms with Crippen molar-refractivity contribution in [3.05, 3.63) is 34.6 Å². The maximum atomic E-state index is 12.6. The Morgan fingerprint density at radius 3 is 2.82 bits per heavy atom. The summed E-state index contributed by atoms with van der Waals surface area (Å²) in [5.74, 6) is -0.379. The molecule has 0 unspecified atom stereocenters. The van der Waals surface area contributed by atoms with E-state index in [1.807, 2.05) is 0 Å². The van der Waals surface area contributed by atoms with Gasteiger partial charge in [0.2, 0.25) is 0 Å². The van der Waals surface area contributed by atoms with E-state index < -0.39 is 0 Å². The molecule has 0 aromatic heterocycles. The van der Waals surface area contributed by atoms with Gasteiger partial charge in [0.25, 0.3) is 0 Å². The van der Waals surface area contributed by atoms with Gasteiger partial charge in [-0.15, -0.1) is 0 Å². The third-order valence-corrected chi connectivity index (χ3v) is 1.94. The summed E-state index contributed by atoms with van der Waals surface area (Å²) < 4.78 is 17.6. The van der Waals surface area contributed by atoms with E-state index in [0.29, 0.717) is 0 Å². The standard InChI is InChI=1S/C8H6ClFO/c9-6-3-5(8-4-11-8)1-2-7(6)10/h1-3,8H,4H2/t8-/m1/s1. The minimum Gasteiger partial charge on any atom is -0.368 e. The van der Waals surface area contributed by atoms with Gasteiger partial charge in [-0.3, -0.25) is 0 Å². The van der Waals surface area contributed by atoms with Crippen molar-refractivity contribution in [3.8, 4) is 0 Å². The van der Waals surface area contributed by atoms with Gasteiger partial charge in [0.1, 0.15) is 11.9 Å². The molecule has 1 aliphatic heterocycles. The van der Waals surface area contributed by atoms with E-state index in [2.05, 4.69) is 0 Å². The van der Waals surface area contributed by atoms with Crippen molar-refractivity contribution in [3.63, 3.8) is 0 Å². The Hall–Kier alpha value is -0.600. The molecule has 0 bridgehead atoms. The molecule has 1 aliphatic rings. The second-order valence-electron chi connectivity index (χ2n) is 2.50. The SMILES string of the molecule is Fc1ccc([C@H]2CO2)cc1Cl. The Balaban J connectivity index is 2.36. The molecule has 58 valence electrons. The van der Waals surface area contributed by atoms with Crippen LogP contribution in [0.4, 0.5) is 4.39 Å². The van der Waals surface area contributed by atoms with Crippen LogP contribution in [0.2, 0.25) is 5.02 Å². The van der Waals surface area contributed by atoms with E-state index in [-0.39, 0.29) is 16.9 Å². The predicted molar refractivity (Wildman–Crippen MR) is 40.1 cm³/mol. The van der Waals surface area contributed by atoms with Crippen molar-refractivity contribution in [2.45, 2.75) is 6.10 Å². The zero-order valence-corrected chi connectivity index (χ0v) is 6.44. The van der Waals surface area contributed by atoms with Crippen molar-refractivity contribution in [2.24, 2.45) is 0 Å². The van der Waals surface area contributed by atoms with Crippen molar-refractivity contribution in [1.29, 1.82) is 0 Å². The van der Waals surface area contributed by atoms with Crippen LogP contribution in [-0.4, -0.2) is 6.61 Å². The van der Waals surface area contributed by atoms with Gasteiger partial charge in [0.05, 0.1) is 11.6 Å². The lowest BCUT2D eigenvalue weighted by Crippen LogP contribution is -1.82. The fraction of sp³-hybridized carbons (Fsp3) is 0.250. The van der Waals surface area contributed by atoms with Crippen LogP contribution < -0.4 is 0 Å². The molecule has 0 saturated carbocycles. The summed E-state index contributed by atoms with van der Waals surface area (Å²) in [5, 5.41) is 0.165. The highest BCUT2D eigenvalue weighted by Crippen LogP contribution is 2.31. The third-order valence-electron chi connectivity index (χ3n) is 1.65. The molecule has 3 heteroatoms. The van der Waals surface area contributed by atoms with Crippen LogP contribution >= 0.6 is 11.6 Å². The molecule has 1 nitrogen and oxygen atoms in total. The summed E-state index contributed by atoms with van der Waals surface area (Å²) in [4.78, 5) is 0. The molecule has 1 heterocycles. The topological polar surface area (TPSA) is 12.5 Å². The van der Waals surface area contributed by atoms with E-state index in [0.717, 1.165) is 12.2 Å². The van der Waals surface area contributed by atoms with Gasteiger partial charge in [-0.05, 0) is 17.7 Å². The summed E-state index contributed by atoms with van der Waals surface area (Å²) in [6.45, 7) is 0.724. The van der Waals surface area contributed by atoms with Crippen LogP contribution in [0.1, 0.15) is 11.7 Å². The minimum absolute atomic E-state index is 0.146. The molecule has 11 heavy (non-hydrogen) atoms. The molecule has 0 N–H and O–H groups in total. The number of rotatable bonds is 1. The van der Waals surface area contributed by atoms with Gasteiger partial charge in [0.15, 0.2) is 0 Å². The minimum atomic E-state index is -0.379. The summed E-state index contributed by atoms with van der Waals surface area (Å²) in [5.41, 5.74) is 0.955. The molecule has 0 amide bonds. The van der Waals surface area contributed by atoms with E-state index in [1.54, 1.807) is 12.1 Å². The Morgan fingerprint density at radius 2 is 2.27 bits per heavy atom. The average Bonchev–Trinajstić information content (AvgIpc) is 2.77. The fourth-order valence-corrected chi connectivity index (χ4v) is 1.14. The molecular formula is C8H6ClFO. The highest BCUT2D eigenvalue weighted by Gasteiger charge is 2.25. The molecule has 1 fully saturated rings. The maximum absolute atomic E-state index is 12.6. The van der Waals surface area contributed by atoms with Crippen LogP contribution in [-0.2, 0) is 4.74 Å². The highest BCUT2D eigenvalue weighted by molar-refractivity contribution is 6.30. The number of halogens is 2. The predicted octanol–water partition coefficient (Wildman–Crippen LogP) is 2.55. The molecule has 1 aromatic carbocycles. The van der Waals surface area contributed by atoms with Gasteiger partial charge in [0, 0.05) is 0 Å². The highest BCUT2D eigenvalue weighted by atomic mass is 35.5. The number of hydrogen-bond donors (Lipinski definition) is 0. The van der Waals surface area contributed by atoms with Gasteiger partial charge in [-0.2, -0.15) is 0 Å². The third kappa shape index (κ3) is 1.37. The van der Waals surface area contributed by atoms with E-state index in [1.165, 1.54) is 6.07 Å². The average molecular weight is 173 g/mol. The van der Waals surface area contributed by atoms with E-state index in [9.17, 15) is 4.39 Å². The molecule has 0 aliphatic carbocycles. The first-order valence-corrected chi connectivity index (χ1v) is 3.72. The van der Waals surface area contributed by atoms with Crippen LogP contribution in [0, 0.1) is 5.82 Å². The maximum Gasteiger partial charge on any atom is 0.141 e. The monoisotopic (exact) mass is 172 g/mol. The van der Waals surface area contributed by atoms with Gasteiger partial charge < -0.3 is 4.74 Å². The lowest BCUT2D eigenvalue weighted by atomic mass is 10.2. The largest absolute Gasteiger partial charge is 0.368 e. The molecular weight excluding hydrogens is 167 g/mol. The number of hydrogen-bond acceptors (Lipinski definition) is 1. The molecule has 1 aromatic rings. The molecule has 1 atom stereocenters. The quantitative estimate of drug-likeness (QED) is 0.593. The molecule has 2 rings (SSSR count). The zero-order chi connectivity index (χ0) is 7.84. The molecule has 0 spiro atoms. The Kier molecular flexibility index (Phi) is 1.59. The first kappa shape index (κ1) is 7.07. The summed E-state index contributed by atoms with van der Waals surface area (Å²) in [7, 11) is 0. The smallest absolute Gasteiger partial charge is 0.141 e. The first-order valence-electron chi connectivity index (χ1n) is 3.34. The van der Waals surface area contributed by atoms with Crippen LogP contribution in [0.15, 0.2) is 18.2 Å². The second-order valence-corrected chi connectivity index (χ2v) is 2.90. The normalized spacial score (nSPS) is 21.8. The van der Waals surface area contributed by atoms with Crippen molar-refractivity contribution < 1.29 is 9.13 Å². The first-order chi connectivity index (χ1) is 5.27. The number of epoxide rings is 1. The number of benzene rings is 1. The van der Waals surface area contributed by atoms with Crippen LogP contribution in [0.5, 0.6) is 0 Å².